The van der Waals surface area contributed by atoms with Crippen LogP contribution in [0.1, 0.15) is 27.0 Å². The van der Waals surface area contributed by atoms with E-state index in [2.05, 4.69) is 20.9 Å². The van der Waals surface area contributed by atoms with Crippen molar-refractivity contribution < 1.29 is 23.4 Å². The molecule has 0 aliphatic carbocycles. The van der Waals surface area contributed by atoms with E-state index in [0.717, 1.165) is 12.1 Å². The average molecular weight is 494 g/mol. The number of aliphatic hydroxyl groups is 1. The van der Waals surface area contributed by atoms with Crippen LogP contribution in [0, 0.1) is 18.6 Å². The Hall–Kier alpha value is -3.11. The van der Waals surface area contributed by atoms with Crippen LogP contribution in [-0.4, -0.2) is 27.2 Å². The summed E-state index contributed by atoms with van der Waals surface area (Å²) >= 11 is 3.15. The minimum Gasteiger partial charge on any atom is -0.472 e. The minimum absolute atomic E-state index is 0.0312. The molecular formula is C21H18BrF2N3O4. The van der Waals surface area contributed by atoms with Gasteiger partial charge in [0, 0.05) is 23.8 Å². The summed E-state index contributed by atoms with van der Waals surface area (Å²) in [5, 5.41) is 9.44. The van der Waals surface area contributed by atoms with E-state index in [0.29, 0.717) is 16.8 Å². The van der Waals surface area contributed by atoms with E-state index < -0.39 is 23.1 Å². The summed E-state index contributed by atoms with van der Waals surface area (Å²) in [6.07, 6.45) is 1.30. The first-order valence-electron chi connectivity index (χ1n) is 9.12. The standard InChI is InChI=1S/C21H18BrF2N3O4/c1-11-2-5-15(19(25)29)14(6-7-28)18(11)27-10-26-20(17(22)21(27)30)31-9-12-3-4-13(23)8-16(12)24/h2-5,8,10,28H,6-7,9H2,1H3,(H2,25,29). The predicted molar refractivity (Wildman–Crippen MR) is 112 cm³/mol. The van der Waals surface area contributed by atoms with Gasteiger partial charge in [0.2, 0.25) is 11.8 Å². The van der Waals surface area contributed by atoms with Crippen molar-refractivity contribution in [3.63, 3.8) is 0 Å². The number of benzene rings is 2. The molecule has 162 valence electrons. The van der Waals surface area contributed by atoms with Crippen molar-refractivity contribution in [1.82, 2.24) is 9.55 Å². The number of halogens is 3. The van der Waals surface area contributed by atoms with Crippen molar-refractivity contribution in [2.45, 2.75) is 20.0 Å². The van der Waals surface area contributed by atoms with Gasteiger partial charge in [0.25, 0.3) is 5.56 Å². The molecule has 2 aromatic carbocycles. The van der Waals surface area contributed by atoms with Crippen LogP contribution in [0.15, 0.2) is 45.9 Å². The van der Waals surface area contributed by atoms with Gasteiger partial charge in [0.15, 0.2) is 0 Å². The number of aryl methyl sites for hydroxylation is 1. The zero-order valence-electron chi connectivity index (χ0n) is 16.4. The fourth-order valence-electron chi connectivity index (χ4n) is 3.15. The SMILES string of the molecule is Cc1ccc(C(N)=O)c(CCO)c1-n1cnc(OCc2ccc(F)cc2F)c(Br)c1=O. The number of nitrogens with zero attached hydrogens (tertiary/aromatic N) is 2. The molecule has 0 atom stereocenters. The normalized spacial score (nSPS) is 10.9. The van der Waals surface area contributed by atoms with Gasteiger partial charge in [-0.3, -0.25) is 14.2 Å². The molecule has 0 saturated carbocycles. The van der Waals surface area contributed by atoms with Crippen LogP contribution >= 0.6 is 15.9 Å². The van der Waals surface area contributed by atoms with Crippen LogP contribution in [0.5, 0.6) is 5.88 Å². The number of carbonyl (C=O) groups excluding carboxylic acids is 1. The predicted octanol–water partition coefficient (Wildman–Crippen LogP) is 2.79. The third-order valence-corrected chi connectivity index (χ3v) is 5.30. The van der Waals surface area contributed by atoms with E-state index in [1.165, 1.54) is 23.0 Å². The molecule has 0 aliphatic heterocycles. The molecule has 0 spiro atoms. The first kappa shape index (κ1) is 22.6. The highest BCUT2D eigenvalue weighted by Crippen LogP contribution is 2.25. The van der Waals surface area contributed by atoms with Crippen LogP contribution in [0.4, 0.5) is 8.78 Å². The quantitative estimate of drug-likeness (QED) is 0.526. The Balaban J connectivity index is 2.02. The molecule has 7 nitrogen and oxygen atoms in total. The fraction of sp³-hybridized carbons (Fsp3) is 0.190. The highest BCUT2D eigenvalue weighted by Gasteiger charge is 2.20. The zero-order chi connectivity index (χ0) is 22.7. The summed E-state index contributed by atoms with van der Waals surface area (Å²) in [4.78, 5) is 28.9. The number of hydrogen-bond acceptors (Lipinski definition) is 5. The topological polar surface area (TPSA) is 107 Å². The Morgan fingerprint density at radius 1 is 1.29 bits per heavy atom. The number of aliphatic hydroxyl groups excluding tert-OH is 1. The molecule has 1 heterocycles. The van der Waals surface area contributed by atoms with Crippen LogP contribution in [0.3, 0.4) is 0 Å². The molecule has 0 fully saturated rings. The Kier molecular flexibility index (Phi) is 6.81. The van der Waals surface area contributed by atoms with Gasteiger partial charge in [-0.15, -0.1) is 0 Å². The molecule has 3 rings (SSSR count). The van der Waals surface area contributed by atoms with Gasteiger partial charge in [-0.05, 0) is 58.6 Å². The van der Waals surface area contributed by atoms with Crippen molar-refractivity contribution in [3.05, 3.63) is 85.4 Å². The second kappa shape index (κ2) is 9.36. The number of aromatic nitrogens is 2. The largest absolute Gasteiger partial charge is 0.472 e. The lowest BCUT2D eigenvalue weighted by molar-refractivity contribution is 0.0999. The van der Waals surface area contributed by atoms with Crippen LogP contribution in [0.25, 0.3) is 5.69 Å². The molecule has 3 aromatic rings. The van der Waals surface area contributed by atoms with E-state index in [1.54, 1.807) is 13.0 Å². The van der Waals surface area contributed by atoms with Crippen LogP contribution < -0.4 is 16.0 Å². The van der Waals surface area contributed by atoms with Crippen molar-refractivity contribution in [3.8, 4) is 11.6 Å². The maximum Gasteiger partial charge on any atom is 0.276 e. The molecule has 10 heteroatoms. The third-order valence-electron chi connectivity index (χ3n) is 4.62. The van der Waals surface area contributed by atoms with E-state index >= 15 is 0 Å². The molecular weight excluding hydrogens is 476 g/mol. The Morgan fingerprint density at radius 3 is 2.68 bits per heavy atom. The lowest BCUT2D eigenvalue weighted by Crippen LogP contribution is -2.25. The number of amides is 1. The molecule has 0 bridgehead atoms. The first-order chi connectivity index (χ1) is 14.7. The summed E-state index contributed by atoms with van der Waals surface area (Å²) < 4.78 is 33.5. The molecule has 1 amide bonds. The van der Waals surface area contributed by atoms with E-state index in [9.17, 15) is 23.5 Å². The molecule has 0 unspecified atom stereocenters. The lowest BCUT2D eigenvalue weighted by Gasteiger charge is -2.18. The van der Waals surface area contributed by atoms with Crippen molar-refractivity contribution in [2.75, 3.05) is 6.61 Å². The summed E-state index contributed by atoms with van der Waals surface area (Å²) in [7, 11) is 0. The zero-order valence-corrected chi connectivity index (χ0v) is 17.9. The van der Waals surface area contributed by atoms with Gasteiger partial charge in [0.1, 0.15) is 29.0 Å². The van der Waals surface area contributed by atoms with Gasteiger partial charge in [0.05, 0.1) is 5.69 Å². The van der Waals surface area contributed by atoms with Gasteiger partial charge in [-0.25, -0.2) is 13.8 Å². The van der Waals surface area contributed by atoms with Gasteiger partial charge < -0.3 is 15.6 Å². The summed E-state index contributed by atoms with van der Waals surface area (Å²) in [6.45, 7) is 1.21. The van der Waals surface area contributed by atoms with Crippen molar-refractivity contribution in [1.29, 1.82) is 0 Å². The highest BCUT2D eigenvalue weighted by atomic mass is 79.9. The Morgan fingerprint density at radius 2 is 2.03 bits per heavy atom. The molecule has 1 aromatic heterocycles. The van der Waals surface area contributed by atoms with E-state index in [-0.39, 0.29) is 41.1 Å². The van der Waals surface area contributed by atoms with E-state index in [4.69, 9.17) is 10.5 Å². The van der Waals surface area contributed by atoms with E-state index in [1.807, 2.05) is 0 Å². The second-order valence-electron chi connectivity index (χ2n) is 6.66. The highest BCUT2D eigenvalue weighted by molar-refractivity contribution is 9.10. The molecule has 0 saturated heterocycles. The third kappa shape index (κ3) is 4.64. The minimum atomic E-state index is -0.781. The van der Waals surface area contributed by atoms with Gasteiger partial charge >= 0.3 is 0 Å². The van der Waals surface area contributed by atoms with Gasteiger partial charge in [-0.1, -0.05) is 6.07 Å². The monoisotopic (exact) mass is 493 g/mol. The van der Waals surface area contributed by atoms with Gasteiger partial charge in [-0.2, -0.15) is 0 Å². The van der Waals surface area contributed by atoms with Crippen molar-refractivity contribution in [2.24, 2.45) is 5.73 Å². The Bertz CT molecular complexity index is 1210. The number of ether oxygens (including phenoxy) is 1. The fourth-order valence-corrected chi connectivity index (χ4v) is 3.55. The maximum atomic E-state index is 13.8. The van der Waals surface area contributed by atoms with Crippen LogP contribution in [-0.2, 0) is 13.0 Å². The summed E-state index contributed by atoms with van der Waals surface area (Å²) in [6, 6.07) is 6.24. The maximum absolute atomic E-state index is 13.8. The van der Waals surface area contributed by atoms with Crippen molar-refractivity contribution >= 4 is 21.8 Å². The number of primary amides is 1. The molecule has 31 heavy (non-hydrogen) atoms. The first-order valence-corrected chi connectivity index (χ1v) is 9.91. The number of hydrogen-bond donors (Lipinski definition) is 2. The molecule has 3 N–H and O–H groups in total. The number of rotatable bonds is 7. The molecule has 0 aliphatic rings. The second-order valence-corrected chi connectivity index (χ2v) is 7.45. The molecule has 0 radical (unpaired) electrons. The lowest BCUT2D eigenvalue weighted by atomic mass is 9.98. The number of nitrogens with two attached hydrogens (primary N) is 1. The summed E-state index contributed by atoms with van der Waals surface area (Å²) in [5.74, 6) is -2.27. The summed E-state index contributed by atoms with van der Waals surface area (Å²) in [5.41, 5.74) is 6.62. The average Bonchev–Trinajstić information content (AvgIpc) is 2.71. The van der Waals surface area contributed by atoms with Crippen LogP contribution in [0.2, 0.25) is 0 Å². The smallest absolute Gasteiger partial charge is 0.276 e. The number of carbonyl (C=O) groups is 1. The Labute approximate surface area is 184 Å².